The second-order valence-electron chi connectivity index (χ2n) is 6.89. The fraction of sp³-hybridized carbons (Fsp3) is 0.458. The highest BCUT2D eigenvalue weighted by Gasteiger charge is 2.06. The van der Waals surface area contributed by atoms with Crippen molar-refractivity contribution in [2.24, 2.45) is 5.73 Å². The molecule has 1 amide bonds. The van der Waals surface area contributed by atoms with Crippen LogP contribution in [0.2, 0.25) is 0 Å². The molecule has 1 aromatic carbocycles. The Kier molecular flexibility index (Phi) is 16.4. The van der Waals surface area contributed by atoms with E-state index in [9.17, 15) is 4.79 Å². The van der Waals surface area contributed by atoms with Crippen LogP contribution in [0.15, 0.2) is 36.5 Å². The molecule has 31 heavy (non-hydrogen) atoms. The van der Waals surface area contributed by atoms with Crippen LogP contribution in [0, 0.1) is 6.92 Å². The van der Waals surface area contributed by atoms with Crippen molar-refractivity contribution in [3.63, 3.8) is 0 Å². The number of benzene rings is 1. The zero-order valence-electron chi connectivity index (χ0n) is 19.0. The van der Waals surface area contributed by atoms with Gasteiger partial charge in [-0.05, 0) is 49.2 Å². The van der Waals surface area contributed by atoms with Crippen molar-refractivity contribution in [2.45, 2.75) is 58.9 Å². The van der Waals surface area contributed by atoms with Gasteiger partial charge in [-0.25, -0.2) is 4.98 Å². The van der Waals surface area contributed by atoms with E-state index < -0.39 is 5.91 Å². The summed E-state index contributed by atoms with van der Waals surface area (Å²) < 4.78 is 5.85. The predicted octanol–water partition coefficient (Wildman–Crippen LogP) is 4.15. The van der Waals surface area contributed by atoms with Crippen LogP contribution >= 0.6 is 0 Å². The minimum Gasteiger partial charge on any atom is -0.455 e. The molecule has 2 aromatic rings. The van der Waals surface area contributed by atoms with Crippen LogP contribution in [-0.2, 0) is 11.3 Å². The van der Waals surface area contributed by atoms with Crippen LogP contribution < -0.4 is 15.8 Å². The third kappa shape index (κ3) is 11.9. The fourth-order valence-electron chi connectivity index (χ4n) is 2.91. The highest BCUT2D eigenvalue weighted by molar-refractivity contribution is 5.90. The van der Waals surface area contributed by atoms with Gasteiger partial charge in [-0.3, -0.25) is 4.79 Å². The topological polar surface area (TPSA) is 115 Å². The molecule has 0 bridgehead atoms. The molecule has 0 aliphatic rings. The van der Waals surface area contributed by atoms with Crippen LogP contribution in [0.3, 0.4) is 0 Å². The largest absolute Gasteiger partial charge is 0.455 e. The molecule has 0 radical (unpaired) electrons. The highest BCUT2D eigenvalue weighted by Crippen LogP contribution is 2.25. The molecule has 7 nitrogen and oxygen atoms in total. The van der Waals surface area contributed by atoms with E-state index in [1.54, 1.807) is 12.1 Å². The number of amides is 1. The van der Waals surface area contributed by atoms with E-state index in [4.69, 9.17) is 20.4 Å². The first-order valence-electron chi connectivity index (χ1n) is 10.6. The van der Waals surface area contributed by atoms with E-state index in [1.807, 2.05) is 19.8 Å². The number of hydrogen-bond acceptors (Lipinski definition) is 6. The lowest BCUT2D eigenvalue weighted by atomic mass is 10.1. The molecule has 2 rings (SSSR count). The highest BCUT2D eigenvalue weighted by atomic mass is 16.5. The number of aliphatic hydroxyl groups excluding tert-OH is 1. The molecule has 1 heterocycles. The second kappa shape index (κ2) is 18.0. The smallest absolute Gasteiger partial charge is 0.267 e. The van der Waals surface area contributed by atoms with Crippen molar-refractivity contribution in [2.75, 3.05) is 13.7 Å². The number of hydrogen-bond donors (Lipinski definition) is 3. The average Bonchev–Trinajstić information content (AvgIpc) is 2.80. The summed E-state index contributed by atoms with van der Waals surface area (Å²) in [6.07, 6.45) is 9.40. The lowest BCUT2D eigenvalue weighted by Crippen LogP contribution is -2.14. The summed E-state index contributed by atoms with van der Waals surface area (Å²) in [5.41, 5.74) is 7.73. The first-order valence-corrected chi connectivity index (χ1v) is 10.6. The Balaban J connectivity index is 0.00000212. The van der Waals surface area contributed by atoms with Crippen molar-refractivity contribution >= 4 is 12.7 Å². The lowest BCUT2D eigenvalue weighted by Gasteiger charge is -2.11. The Morgan fingerprint density at radius 3 is 2.35 bits per heavy atom. The summed E-state index contributed by atoms with van der Waals surface area (Å²) >= 11 is 0. The van der Waals surface area contributed by atoms with Crippen LogP contribution in [0.1, 0.15) is 67.1 Å². The summed E-state index contributed by atoms with van der Waals surface area (Å²) in [5.74, 6) is 0.816. The van der Waals surface area contributed by atoms with Gasteiger partial charge in [0.25, 0.3) is 5.91 Å². The number of nitrogens with zero attached hydrogens (tertiary/aromatic N) is 1. The SMILES string of the molecule is C=O.CCCCCCCCNCc1ccc(Oc2ccc(C(N)=O)nc2)c(C)c1.CO. The maximum Gasteiger partial charge on any atom is 0.267 e. The Bertz CT molecular complexity index is 736. The van der Waals surface area contributed by atoms with Gasteiger partial charge >= 0.3 is 0 Å². The molecule has 4 N–H and O–H groups in total. The van der Waals surface area contributed by atoms with Crippen LogP contribution in [-0.4, -0.2) is 36.4 Å². The van der Waals surface area contributed by atoms with E-state index >= 15 is 0 Å². The number of unbranched alkanes of at least 4 members (excludes halogenated alkanes) is 5. The van der Waals surface area contributed by atoms with Gasteiger partial charge in [-0.15, -0.1) is 0 Å². The maximum absolute atomic E-state index is 11.1. The Hall–Kier alpha value is -2.77. The third-order valence-electron chi connectivity index (χ3n) is 4.49. The third-order valence-corrected chi connectivity index (χ3v) is 4.49. The average molecular weight is 432 g/mol. The second-order valence-corrected chi connectivity index (χ2v) is 6.89. The minimum atomic E-state index is -0.546. The van der Waals surface area contributed by atoms with Gasteiger partial charge in [0.15, 0.2) is 0 Å². The number of ether oxygens (including phenoxy) is 1. The zero-order chi connectivity index (χ0) is 23.5. The Labute approximate surface area is 186 Å². The number of primary amides is 1. The van der Waals surface area contributed by atoms with Gasteiger partial charge in [0.1, 0.15) is 24.0 Å². The summed E-state index contributed by atoms with van der Waals surface area (Å²) in [6, 6.07) is 9.44. The number of carbonyl (C=O) groups excluding carboxylic acids is 2. The quantitative estimate of drug-likeness (QED) is 0.435. The Morgan fingerprint density at radius 1 is 1.10 bits per heavy atom. The van der Waals surface area contributed by atoms with Crippen LogP contribution in [0.5, 0.6) is 11.5 Å². The number of rotatable bonds is 12. The molecule has 0 saturated carbocycles. The van der Waals surface area contributed by atoms with Crippen LogP contribution in [0.25, 0.3) is 0 Å². The summed E-state index contributed by atoms with van der Waals surface area (Å²) in [6.45, 7) is 8.19. The number of aromatic nitrogens is 1. The molecule has 0 spiro atoms. The van der Waals surface area contributed by atoms with Gasteiger partial charge in [-0.1, -0.05) is 51.2 Å². The molecule has 0 aliphatic carbocycles. The molecular formula is C24H37N3O4. The standard InChI is InChI=1S/C22H31N3O2.CH4O.CH2O/c1-3-4-5-6-7-8-13-24-15-18-9-12-21(17(2)14-18)27-19-10-11-20(22(23)26)25-16-19;2*1-2/h9-12,14,16,24H,3-8,13,15H2,1-2H3,(H2,23,26);2H,1H3;1H2. The van der Waals surface area contributed by atoms with Crippen LogP contribution in [0.4, 0.5) is 0 Å². The van der Waals surface area contributed by atoms with E-state index in [1.165, 1.54) is 50.3 Å². The van der Waals surface area contributed by atoms with Gasteiger partial charge in [0, 0.05) is 13.7 Å². The molecule has 0 aliphatic heterocycles. The number of nitrogens with one attached hydrogen (secondary N) is 1. The van der Waals surface area contributed by atoms with E-state index in [0.717, 1.165) is 31.5 Å². The van der Waals surface area contributed by atoms with Crippen molar-refractivity contribution < 1.29 is 19.4 Å². The molecule has 7 heteroatoms. The summed E-state index contributed by atoms with van der Waals surface area (Å²) in [5, 5.41) is 10.5. The van der Waals surface area contributed by atoms with E-state index in [0.29, 0.717) is 5.75 Å². The number of aliphatic hydroxyl groups is 1. The van der Waals surface area contributed by atoms with Crippen molar-refractivity contribution in [3.05, 3.63) is 53.3 Å². The first kappa shape index (κ1) is 28.2. The van der Waals surface area contributed by atoms with Crippen molar-refractivity contribution in [1.29, 1.82) is 0 Å². The minimum absolute atomic E-state index is 0.228. The van der Waals surface area contributed by atoms with Gasteiger partial charge in [0.2, 0.25) is 0 Å². The molecule has 0 saturated heterocycles. The first-order chi connectivity index (χ1) is 15.1. The number of pyridine rings is 1. The molecule has 0 unspecified atom stereocenters. The Morgan fingerprint density at radius 2 is 1.77 bits per heavy atom. The predicted molar refractivity (Wildman–Crippen MR) is 124 cm³/mol. The summed E-state index contributed by atoms with van der Waals surface area (Å²) in [4.78, 5) is 23.1. The molecule has 0 fully saturated rings. The molecular weight excluding hydrogens is 394 g/mol. The lowest BCUT2D eigenvalue weighted by molar-refractivity contribution is -0.0980. The fourth-order valence-corrected chi connectivity index (χ4v) is 2.91. The normalized spacial score (nSPS) is 9.68. The van der Waals surface area contributed by atoms with E-state index in [-0.39, 0.29) is 5.69 Å². The van der Waals surface area contributed by atoms with Gasteiger partial charge < -0.3 is 25.7 Å². The van der Waals surface area contributed by atoms with Crippen molar-refractivity contribution in [1.82, 2.24) is 10.3 Å². The zero-order valence-corrected chi connectivity index (χ0v) is 19.0. The summed E-state index contributed by atoms with van der Waals surface area (Å²) in [7, 11) is 1.00. The molecule has 1 aromatic heterocycles. The maximum atomic E-state index is 11.1. The number of aryl methyl sites for hydroxylation is 1. The van der Waals surface area contributed by atoms with Crippen molar-refractivity contribution in [3.8, 4) is 11.5 Å². The molecule has 0 atom stereocenters. The molecule has 172 valence electrons. The number of nitrogens with two attached hydrogens (primary N) is 1. The van der Waals surface area contributed by atoms with E-state index in [2.05, 4.69) is 29.4 Å². The monoisotopic (exact) mass is 431 g/mol. The van der Waals surface area contributed by atoms with Gasteiger partial charge in [-0.2, -0.15) is 0 Å². The van der Waals surface area contributed by atoms with Gasteiger partial charge in [0.05, 0.1) is 6.20 Å². The number of carbonyl (C=O) groups is 2.